The molecule has 4 nitrogen and oxygen atoms in total. The van der Waals surface area contributed by atoms with Crippen LogP contribution in [0.4, 0.5) is 0 Å². The molecule has 0 unspecified atom stereocenters. The summed E-state index contributed by atoms with van der Waals surface area (Å²) in [6.45, 7) is 0.502. The molecule has 3 aromatic rings. The van der Waals surface area contributed by atoms with Gasteiger partial charge in [-0.25, -0.2) is 0 Å². The second-order valence-corrected chi connectivity index (χ2v) is 5.68. The predicted octanol–water partition coefficient (Wildman–Crippen LogP) is 4.96. The molecule has 0 aromatic heterocycles. The molecule has 0 aliphatic carbocycles. The molecule has 134 valence electrons. The molecule has 0 N–H and O–H groups in total. The number of hydrogen-bond acceptors (Lipinski definition) is 4. The van der Waals surface area contributed by atoms with Crippen molar-refractivity contribution in [2.45, 2.75) is 6.61 Å². The van der Waals surface area contributed by atoms with Crippen molar-refractivity contribution < 1.29 is 18.9 Å². The number of methoxy groups -OCH3 is 3. The average Bonchev–Trinajstić information content (AvgIpc) is 2.72. The number of benzene rings is 3. The lowest BCUT2D eigenvalue weighted by molar-refractivity contribution is 0.307. The second-order valence-electron chi connectivity index (χ2n) is 5.68. The van der Waals surface area contributed by atoms with E-state index < -0.39 is 0 Å². The molecule has 0 fully saturated rings. The number of ether oxygens (including phenoxy) is 4. The van der Waals surface area contributed by atoms with E-state index in [-0.39, 0.29) is 0 Å². The zero-order chi connectivity index (χ0) is 18.4. The number of hydrogen-bond donors (Lipinski definition) is 0. The topological polar surface area (TPSA) is 36.9 Å². The molecule has 0 aliphatic rings. The van der Waals surface area contributed by atoms with E-state index in [4.69, 9.17) is 18.9 Å². The van der Waals surface area contributed by atoms with Crippen molar-refractivity contribution in [2.24, 2.45) is 0 Å². The van der Waals surface area contributed by atoms with Crippen molar-refractivity contribution in [3.05, 3.63) is 72.3 Å². The highest BCUT2D eigenvalue weighted by molar-refractivity contribution is 5.75. The van der Waals surface area contributed by atoms with Gasteiger partial charge in [0.05, 0.1) is 21.3 Å². The SMILES string of the molecule is COc1cc(-c2ccccc2OCc2ccccc2)cc(OC)c1OC. The largest absolute Gasteiger partial charge is 0.493 e. The fourth-order valence-electron chi connectivity index (χ4n) is 2.80. The Morgan fingerprint density at radius 1 is 0.654 bits per heavy atom. The van der Waals surface area contributed by atoms with Crippen LogP contribution in [0.25, 0.3) is 11.1 Å². The molecule has 0 spiro atoms. The predicted molar refractivity (Wildman–Crippen MR) is 102 cm³/mol. The zero-order valence-corrected chi connectivity index (χ0v) is 15.2. The summed E-state index contributed by atoms with van der Waals surface area (Å²) in [5.41, 5.74) is 3.01. The lowest BCUT2D eigenvalue weighted by Crippen LogP contribution is -1.98. The molecular weight excluding hydrogens is 328 g/mol. The maximum absolute atomic E-state index is 6.07. The molecule has 0 saturated carbocycles. The van der Waals surface area contributed by atoms with Crippen molar-refractivity contribution in [3.8, 4) is 34.1 Å². The smallest absolute Gasteiger partial charge is 0.203 e. The Bertz CT molecular complexity index is 834. The first-order valence-corrected chi connectivity index (χ1v) is 8.33. The third kappa shape index (κ3) is 3.75. The minimum atomic E-state index is 0.502. The van der Waals surface area contributed by atoms with Crippen LogP contribution in [0, 0.1) is 0 Å². The lowest BCUT2D eigenvalue weighted by atomic mass is 10.0. The van der Waals surface area contributed by atoms with Gasteiger partial charge in [0, 0.05) is 5.56 Å². The minimum absolute atomic E-state index is 0.502. The molecular formula is C22H22O4. The molecule has 4 heteroatoms. The summed E-state index contributed by atoms with van der Waals surface area (Å²) in [5, 5.41) is 0. The molecule has 0 atom stereocenters. The lowest BCUT2D eigenvalue weighted by Gasteiger charge is -2.16. The van der Waals surface area contributed by atoms with Gasteiger partial charge in [0.25, 0.3) is 0 Å². The molecule has 26 heavy (non-hydrogen) atoms. The van der Waals surface area contributed by atoms with E-state index >= 15 is 0 Å². The van der Waals surface area contributed by atoms with E-state index in [9.17, 15) is 0 Å². The molecule has 3 rings (SSSR count). The molecule has 3 aromatic carbocycles. The van der Waals surface area contributed by atoms with Crippen LogP contribution in [0.5, 0.6) is 23.0 Å². The Morgan fingerprint density at radius 2 is 1.27 bits per heavy atom. The van der Waals surface area contributed by atoms with Gasteiger partial charge in [0.15, 0.2) is 11.5 Å². The fourth-order valence-corrected chi connectivity index (χ4v) is 2.80. The van der Waals surface area contributed by atoms with Crippen LogP contribution in [-0.4, -0.2) is 21.3 Å². The second kappa shape index (κ2) is 8.30. The van der Waals surface area contributed by atoms with E-state index in [1.54, 1.807) is 21.3 Å². The van der Waals surface area contributed by atoms with Crippen LogP contribution in [0.1, 0.15) is 5.56 Å². The van der Waals surface area contributed by atoms with Crippen molar-refractivity contribution >= 4 is 0 Å². The summed E-state index contributed by atoms with van der Waals surface area (Å²) in [4.78, 5) is 0. The van der Waals surface area contributed by atoms with Crippen molar-refractivity contribution in [3.63, 3.8) is 0 Å². The summed E-state index contributed by atoms with van der Waals surface area (Å²) < 4.78 is 22.4. The zero-order valence-electron chi connectivity index (χ0n) is 15.2. The summed E-state index contributed by atoms with van der Waals surface area (Å²) in [7, 11) is 4.81. The van der Waals surface area contributed by atoms with Crippen LogP contribution in [0.2, 0.25) is 0 Å². The van der Waals surface area contributed by atoms with Gasteiger partial charge in [-0.15, -0.1) is 0 Å². The minimum Gasteiger partial charge on any atom is -0.493 e. The average molecular weight is 350 g/mol. The molecule has 0 heterocycles. The first-order chi connectivity index (χ1) is 12.8. The van der Waals surface area contributed by atoms with Crippen molar-refractivity contribution in [2.75, 3.05) is 21.3 Å². The van der Waals surface area contributed by atoms with Crippen molar-refractivity contribution in [1.82, 2.24) is 0 Å². The Labute approximate surface area is 153 Å². The van der Waals surface area contributed by atoms with E-state index in [2.05, 4.69) is 0 Å². The van der Waals surface area contributed by atoms with Gasteiger partial charge in [-0.1, -0.05) is 48.5 Å². The Hall–Kier alpha value is -3.14. The van der Waals surface area contributed by atoms with Gasteiger partial charge < -0.3 is 18.9 Å². The van der Waals surface area contributed by atoms with Crippen molar-refractivity contribution in [1.29, 1.82) is 0 Å². The first kappa shape index (κ1) is 17.7. The Balaban J connectivity index is 1.97. The van der Waals surface area contributed by atoms with Gasteiger partial charge in [0.1, 0.15) is 12.4 Å². The molecule has 0 radical (unpaired) electrons. The molecule has 0 aliphatic heterocycles. The third-order valence-corrected chi connectivity index (χ3v) is 4.10. The van der Waals surface area contributed by atoms with E-state index in [0.717, 1.165) is 22.4 Å². The maximum Gasteiger partial charge on any atom is 0.203 e. The van der Waals surface area contributed by atoms with Gasteiger partial charge in [-0.3, -0.25) is 0 Å². The molecule has 0 bridgehead atoms. The van der Waals surface area contributed by atoms with Crippen LogP contribution in [0.3, 0.4) is 0 Å². The summed E-state index contributed by atoms with van der Waals surface area (Å²) in [6, 6.07) is 21.8. The molecule has 0 amide bonds. The van der Waals surface area contributed by atoms with Crippen LogP contribution in [-0.2, 0) is 6.61 Å². The highest BCUT2D eigenvalue weighted by Crippen LogP contribution is 2.43. The highest BCUT2D eigenvalue weighted by Gasteiger charge is 2.16. The first-order valence-electron chi connectivity index (χ1n) is 8.33. The third-order valence-electron chi connectivity index (χ3n) is 4.10. The number of para-hydroxylation sites is 1. The maximum atomic E-state index is 6.07. The summed E-state index contributed by atoms with van der Waals surface area (Å²) in [6.07, 6.45) is 0. The van der Waals surface area contributed by atoms with Gasteiger partial charge in [-0.2, -0.15) is 0 Å². The Morgan fingerprint density at radius 3 is 1.88 bits per heavy atom. The highest BCUT2D eigenvalue weighted by atomic mass is 16.5. The van der Waals surface area contributed by atoms with E-state index in [1.807, 2.05) is 66.7 Å². The normalized spacial score (nSPS) is 10.3. The van der Waals surface area contributed by atoms with Gasteiger partial charge in [0.2, 0.25) is 5.75 Å². The Kier molecular flexibility index (Phi) is 5.64. The van der Waals surface area contributed by atoms with Gasteiger partial charge >= 0.3 is 0 Å². The monoisotopic (exact) mass is 350 g/mol. The van der Waals surface area contributed by atoms with Crippen LogP contribution in [0.15, 0.2) is 66.7 Å². The molecule has 0 saturated heterocycles. The fraction of sp³-hybridized carbons (Fsp3) is 0.182. The summed E-state index contributed by atoms with van der Waals surface area (Å²) in [5.74, 6) is 2.59. The standard InChI is InChI=1S/C22H22O4/c1-23-20-13-17(14-21(24-2)22(20)25-3)18-11-7-8-12-19(18)26-15-16-9-5-4-6-10-16/h4-14H,15H2,1-3H3. The van der Waals surface area contributed by atoms with E-state index in [1.165, 1.54) is 0 Å². The number of rotatable bonds is 7. The van der Waals surface area contributed by atoms with Crippen LogP contribution >= 0.6 is 0 Å². The van der Waals surface area contributed by atoms with Gasteiger partial charge in [-0.05, 0) is 29.3 Å². The van der Waals surface area contributed by atoms with Crippen LogP contribution < -0.4 is 18.9 Å². The van der Waals surface area contributed by atoms with E-state index in [0.29, 0.717) is 23.9 Å². The summed E-state index contributed by atoms with van der Waals surface area (Å²) >= 11 is 0. The quantitative estimate of drug-likeness (QED) is 0.604.